The average Bonchev–Trinajstić information content (AvgIpc) is 2.90. The standard InChI is InChI=1S/C29H34ClN2O5P/c1-31(2)27(33)29(24-9-5-3-6-10-24,25-11-7-4-8-12-25)19-22-32-20-17-28(18-21-32,37-38(34,35)36)23-13-15-26(30)16-14-23/h3-16H,17-22H2,1-2H3,(H2,34,35,36). The highest BCUT2D eigenvalue weighted by Gasteiger charge is 2.45. The van der Waals surface area contributed by atoms with Crippen molar-refractivity contribution in [3.8, 4) is 0 Å². The van der Waals surface area contributed by atoms with Gasteiger partial charge in [-0.05, 0) is 54.6 Å². The summed E-state index contributed by atoms with van der Waals surface area (Å²) in [6.07, 6.45) is 1.33. The molecule has 0 atom stereocenters. The van der Waals surface area contributed by atoms with Crippen LogP contribution in [0.1, 0.15) is 36.0 Å². The molecule has 0 aromatic heterocycles. The lowest BCUT2D eigenvalue weighted by Gasteiger charge is -2.43. The Kier molecular flexibility index (Phi) is 8.78. The van der Waals surface area contributed by atoms with Gasteiger partial charge in [0.1, 0.15) is 11.0 Å². The molecule has 1 heterocycles. The fourth-order valence-electron chi connectivity index (χ4n) is 5.51. The van der Waals surface area contributed by atoms with E-state index in [1.165, 1.54) is 0 Å². The molecule has 1 amide bonds. The van der Waals surface area contributed by atoms with Gasteiger partial charge in [-0.3, -0.25) is 9.32 Å². The van der Waals surface area contributed by atoms with Gasteiger partial charge in [0.2, 0.25) is 5.91 Å². The predicted molar refractivity (Wildman–Crippen MR) is 149 cm³/mol. The van der Waals surface area contributed by atoms with Crippen LogP contribution in [0.2, 0.25) is 5.02 Å². The first kappa shape index (κ1) is 28.5. The van der Waals surface area contributed by atoms with Gasteiger partial charge >= 0.3 is 7.82 Å². The first-order chi connectivity index (χ1) is 18.1. The molecule has 1 aliphatic heterocycles. The van der Waals surface area contributed by atoms with Gasteiger partial charge in [-0.2, -0.15) is 0 Å². The summed E-state index contributed by atoms with van der Waals surface area (Å²) in [5, 5.41) is 0.543. The molecule has 0 bridgehead atoms. The van der Waals surface area contributed by atoms with Gasteiger partial charge in [0.25, 0.3) is 0 Å². The summed E-state index contributed by atoms with van der Waals surface area (Å²) in [6, 6.07) is 26.7. The van der Waals surface area contributed by atoms with Crippen molar-refractivity contribution >= 4 is 25.3 Å². The van der Waals surface area contributed by atoms with Crippen molar-refractivity contribution in [1.29, 1.82) is 0 Å². The smallest absolute Gasteiger partial charge is 0.348 e. The van der Waals surface area contributed by atoms with E-state index < -0.39 is 18.8 Å². The summed E-state index contributed by atoms with van der Waals surface area (Å²) in [4.78, 5) is 37.2. The molecule has 0 aliphatic carbocycles. The molecular weight excluding hydrogens is 523 g/mol. The highest BCUT2D eigenvalue weighted by atomic mass is 35.5. The van der Waals surface area contributed by atoms with E-state index in [2.05, 4.69) is 4.90 Å². The molecule has 1 saturated heterocycles. The summed E-state index contributed by atoms with van der Waals surface area (Å²) < 4.78 is 17.4. The predicted octanol–water partition coefficient (Wildman–Crippen LogP) is 5.21. The fraction of sp³-hybridized carbons (Fsp3) is 0.345. The Labute approximate surface area is 229 Å². The van der Waals surface area contributed by atoms with Crippen LogP contribution < -0.4 is 0 Å². The van der Waals surface area contributed by atoms with Crippen LogP contribution >= 0.6 is 19.4 Å². The number of hydrogen-bond acceptors (Lipinski definition) is 4. The molecule has 7 nitrogen and oxygen atoms in total. The number of nitrogens with zero attached hydrogens (tertiary/aromatic N) is 2. The van der Waals surface area contributed by atoms with Gasteiger partial charge in [-0.25, -0.2) is 4.57 Å². The monoisotopic (exact) mass is 556 g/mol. The minimum absolute atomic E-state index is 0.00672. The highest BCUT2D eigenvalue weighted by molar-refractivity contribution is 7.46. The van der Waals surface area contributed by atoms with Crippen LogP contribution in [0, 0.1) is 0 Å². The molecule has 0 radical (unpaired) electrons. The lowest BCUT2D eigenvalue weighted by Crippen LogP contribution is -2.49. The quantitative estimate of drug-likeness (QED) is 0.352. The number of carbonyl (C=O) groups excluding carboxylic acids is 1. The molecule has 3 aromatic carbocycles. The molecule has 0 unspecified atom stereocenters. The normalized spacial score (nSPS) is 16.2. The zero-order chi connectivity index (χ0) is 27.4. The summed E-state index contributed by atoms with van der Waals surface area (Å²) in [6.45, 7) is 1.73. The topological polar surface area (TPSA) is 90.3 Å². The number of phosphoric acid groups is 1. The summed E-state index contributed by atoms with van der Waals surface area (Å²) in [5.41, 5.74) is 0.564. The Morgan fingerprint density at radius 2 is 1.45 bits per heavy atom. The Morgan fingerprint density at radius 3 is 1.89 bits per heavy atom. The maximum atomic E-state index is 13.9. The second-order valence-electron chi connectivity index (χ2n) is 10.0. The van der Waals surface area contributed by atoms with E-state index in [1.807, 2.05) is 60.7 Å². The minimum Gasteiger partial charge on any atom is -0.348 e. The third-order valence-corrected chi connectivity index (χ3v) is 8.27. The third kappa shape index (κ3) is 6.20. The molecular formula is C29H34ClN2O5P. The molecule has 0 spiro atoms. The first-order valence-corrected chi connectivity index (χ1v) is 14.5. The minimum atomic E-state index is -4.74. The molecule has 38 heavy (non-hydrogen) atoms. The Morgan fingerprint density at radius 1 is 0.947 bits per heavy atom. The van der Waals surface area contributed by atoms with Crippen LogP contribution in [-0.2, 0) is 24.9 Å². The SMILES string of the molecule is CN(C)C(=O)C(CCN1CCC(OP(=O)(O)O)(c2ccc(Cl)cc2)CC1)(c1ccccc1)c1ccccc1. The second-order valence-corrected chi connectivity index (χ2v) is 11.6. The summed E-state index contributed by atoms with van der Waals surface area (Å²) in [5.74, 6) is 0.00672. The first-order valence-electron chi connectivity index (χ1n) is 12.6. The van der Waals surface area contributed by atoms with Crippen LogP contribution in [0.5, 0.6) is 0 Å². The van der Waals surface area contributed by atoms with Crippen molar-refractivity contribution in [2.75, 3.05) is 33.7 Å². The van der Waals surface area contributed by atoms with E-state index in [0.29, 0.717) is 49.5 Å². The number of carbonyl (C=O) groups is 1. The van der Waals surface area contributed by atoms with Gasteiger partial charge in [-0.1, -0.05) is 84.4 Å². The number of amides is 1. The Hall–Kier alpha value is -2.51. The summed E-state index contributed by atoms with van der Waals surface area (Å²) in [7, 11) is -1.18. The lowest BCUT2D eigenvalue weighted by atomic mass is 9.70. The summed E-state index contributed by atoms with van der Waals surface area (Å²) >= 11 is 6.05. The fourth-order valence-corrected chi connectivity index (χ4v) is 6.38. The number of piperidine rings is 1. The van der Waals surface area contributed by atoms with Crippen LogP contribution in [0.4, 0.5) is 0 Å². The maximum Gasteiger partial charge on any atom is 0.470 e. The molecule has 2 N–H and O–H groups in total. The van der Waals surface area contributed by atoms with Crippen molar-refractivity contribution in [2.24, 2.45) is 0 Å². The van der Waals surface area contributed by atoms with Gasteiger partial charge < -0.3 is 19.6 Å². The third-order valence-electron chi connectivity index (χ3n) is 7.44. The largest absolute Gasteiger partial charge is 0.470 e. The maximum absolute atomic E-state index is 13.9. The van der Waals surface area contributed by atoms with Crippen LogP contribution in [0.15, 0.2) is 84.9 Å². The number of phosphoric ester groups is 1. The zero-order valence-electron chi connectivity index (χ0n) is 21.7. The number of halogens is 1. The molecule has 3 aromatic rings. The van der Waals surface area contributed by atoms with Crippen molar-refractivity contribution in [3.63, 3.8) is 0 Å². The Balaban J connectivity index is 1.61. The van der Waals surface area contributed by atoms with E-state index >= 15 is 0 Å². The number of hydrogen-bond donors (Lipinski definition) is 2. The van der Waals surface area contributed by atoms with Crippen LogP contribution in [-0.4, -0.2) is 59.2 Å². The Bertz CT molecular complexity index is 1220. The van der Waals surface area contributed by atoms with E-state index in [0.717, 1.165) is 11.1 Å². The van der Waals surface area contributed by atoms with Crippen molar-refractivity contribution in [1.82, 2.24) is 9.80 Å². The number of likely N-dealkylation sites (N-methyl/N-ethyl adjacent to an activating group) is 1. The van der Waals surface area contributed by atoms with E-state index in [9.17, 15) is 19.1 Å². The van der Waals surface area contributed by atoms with E-state index in [-0.39, 0.29) is 5.91 Å². The number of benzene rings is 3. The molecule has 1 fully saturated rings. The number of rotatable bonds is 9. The molecule has 4 rings (SSSR count). The van der Waals surface area contributed by atoms with Gasteiger partial charge in [0.15, 0.2) is 0 Å². The highest BCUT2D eigenvalue weighted by Crippen LogP contribution is 2.50. The van der Waals surface area contributed by atoms with Gasteiger partial charge in [0.05, 0.1) is 0 Å². The van der Waals surface area contributed by atoms with Crippen molar-refractivity contribution in [2.45, 2.75) is 30.3 Å². The van der Waals surface area contributed by atoms with Crippen molar-refractivity contribution < 1.29 is 23.7 Å². The zero-order valence-corrected chi connectivity index (χ0v) is 23.3. The van der Waals surface area contributed by atoms with Crippen LogP contribution in [0.25, 0.3) is 0 Å². The average molecular weight is 557 g/mol. The molecule has 9 heteroatoms. The van der Waals surface area contributed by atoms with Crippen LogP contribution in [0.3, 0.4) is 0 Å². The number of likely N-dealkylation sites (tertiary alicyclic amines) is 1. The van der Waals surface area contributed by atoms with Gasteiger partial charge in [0, 0.05) is 32.2 Å². The molecule has 202 valence electrons. The van der Waals surface area contributed by atoms with Crippen molar-refractivity contribution in [3.05, 3.63) is 107 Å². The second kappa shape index (κ2) is 11.7. The molecule has 1 aliphatic rings. The van der Waals surface area contributed by atoms with Gasteiger partial charge in [-0.15, -0.1) is 0 Å². The molecule has 0 saturated carbocycles. The lowest BCUT2D eigenvalue weighted by molar-refractivity contribution is -0.133. The van der Waals surface area contributed by atoms with E-state index in [1.54, 1.807) is 43.3 Å². The van der Waals surface area contributed by atoms with E-state index in [4.69, 9.17) is 16.1 Å².